The van der Waals surface area contributed by atoms with Crippen LogP contribution < -0.4 is 10.5 Å². The summed E-state index contributed by atoms with van der Waals surface area (Å²) >= 11 is 0. The highest BCUT2D eigenvalue weighted by Gasteiger charge is 2.24. The van der Waals surface area contributed by atoms with Crippen molar-refractivity contribution in [2.45, 2.75) is 38.1 Å². The zero-order valence-electron chi connectivity index (χ0n) is 12.2. The van der Waals surface area contributed by atoms with E-state index in [0.717, 1.165) is 6.07 Å². The molecule has 0 aliphatic heterocycles. The molecule has 0 aromatic heterocycles. The number of benzene rings is 1. The van der Waals surface area contributed by atoms with Gasteiger partial charge in [-0.25, -0.2) is 21.9 Å². The first-order valence-electron chi connectivity index (χ1n) is 6.35. The molecule has 3 N–H and O–H groups in total. The molecule has 1 unspecified atom stereocenters. The van der Waals surface area contributed by atoms with Crippen molar-refractivity contribution in [3.05, 3.63) is 29.3 Å². The lowest BCUT2D eigenvalue weighted by atomic mass is 10.1. The van der Waals surface area contributed by atoms with Gasteiger partial charge in [0.25, 0.3) is 0 Å². The second-order valence-electron chi connectivity index (χ2n) is 5.22. The summed E-state index contributed by atoms with van der Waals surface area (Å²) in [7, 11) is -4.06. The van der Waals surface area contributed by atoms with Crippen molar-refractivity contribution in [2.24, 2.45) is 11.7 Å². The number of aryl methyl sites for hydroxylation is 1. The summed E-state index contributed by atoms with van der Waals surface area (Å²) in [5.74, 6) is -1.65. The Morgan fingerprint density at radius 3 is 2.29 bits per heavy atom. The van der Waals surface area contributed by atoms with Crippen LogP contribution in [-0.4, -0.2) is 21.0 Å². The minimum Gasteiger partial charge on any atom is -0.329 e. The summed E-state index contributed by atoms with van der Waals surface area (Å²) in [6, 6.07) is 1.07. The van der Waals surface area contributed by atoms with E-state index in [-0.39, 0.29) is 30.4 Å². The third kappa shape index (κ3) is 5.50. The van der Waals surface area contributed by atoms with Gasteiger partial charge in [0, 0.05) is 18.7 Å². The molecule has 0 bridgehead atoms. The van der Waals surface area contributed by atoms with E-state index in [1.807, 2.05) is 13.8 Å². The summed E-state index contributed by atoms with van der Waals surface area (Å²) in [5, 5.41) is 0. The van der Waals surface area contributed by atoms with Crippen LogP contribution in [0.5, 0.6) is 0 Å². The topological polar surface area (TPSA) is 72.2 Å². The molecule has 0 aliphatic carbocycles. The smallest absolute Gasteiger partial charge is 0.243 e. The first kappa shape index (κ1) is 20.2. The minimum atomic E-state index is -4.06. The van der Waals surface area contributed by atoms with Crippen molar-refractivity contribution >= 4 is 22.4 Å². The van der Waals surface area contributed by atoms with E-state index in [4.69, 9.17) is 5.73 Å². The fourth-order valence-electron chi connectivity index (χ4n) is 1.88. The molecule has 4 nitrogen and oxygen atoms in total. The number of nitrogens with two attached hydrogens (primary N) is 1. The van der Waals surface area contributed by atoms with Crippen LogP contribution in [0.15, 0.2) is 17.0 Å². The summed E-state index contributed by atoms with van der Waals surface area (Å²) in [6.45, 7) is 5.35. The van der Waals surface area contributed by atoms with Crippen LogP contribution in [0.3, 0.4) is 0 Å². The third-order valence-electron chi connectivity index (χ3n) is 2.86. The van der Waals surface area contributed by atoms with E-state index < -0.39 is 32.6 Å². The van der Waals surface area contributed by atoms with Crippen LogP contribution in [0, 0.1) is 24.5 Å². The minimum absolute atomic E-state index is 0. The van der Waals surface area contributed by atoms with Crippen LogP contribution in [0.4, 0.5) is 8.78 Å². The Bertz CT molecular complexity index is 580. The van der Waals surface area contributed by atoms with Crippen molar-refractivity contribution in [3.63, 3.8) is 0 Å². The van der Waals surface area contributed by atoms with Gasteiger partial charge in [0.1, 0.15) is 16.5 Å². The van der Waals surface area contributed by atoms with Crippen LogP contribution in [0.25, 0.3) is 0 Å². The van der Waals surface area contributed by atoms with E-state index >= 15 is 0 Å². The molecule has 0 spiro atoms. The fraction of sp³-hybridized carbons (Fsp3) is 0.538. The van der Waals surface area contributed by atoms with Crippen LogP contribution in [0.2, 0.25) is 0 Å². The van der Waals surface area contributed by atoms with Gasteiger partial charge >= 0.3 is 0 Å². The number of sulfonamides is 1. The highest BCUT2D eigenvalue weighted by Crippen LogP contribution is 2.19. The molecule has 0 radical (unpaired) electrons. The predicted octanol–water partition coefficient (Wildman–Crippen LogP) is 2.35. The van der Waals surface area contributed by atoms with Gasteiger partial charge in [-0.3, -0.25) is 0 Å². The molecule has 1 atom stereocenters. The Morgan fingerprint density at radius 1 is 1.24 bits per heavy atom. The van der Waals surface area contributed by atoms with Crippen molar-refractivity contribution in [1.82, 2.24) is 4.72 Å². The molecule has 21 heavy (non-hydrogen) atoms. The molecule has 0 saturated carbocycles. The summed E-state index contributed by atoms with van der Waals surface area (Å²) < 4.78 is 53.5. The van der Waals surface area contributed by atoms with E-state index in [1.165, 1.54) is 6.92 Å². The average molecular weight is 343 g/mol. The van der Waals surface area contributed by atoms with Crippen molar-refractivity contribution in [1.29, 1.82) is 0 Å². The SMILES string of the molecule is Cc1cc(S(=O)(=O)NC(CN)CC(C)C)c(F)cc1F.Cl. The van der Waals surface area contributed by atoms with Gasteiger partial charge in [0.05, 0.1) is 0 Å². The van der Waals surface area contributed by atoms with Gasteiger partial charge in [-0.2, -0.15) is 0 Å². The predicted molar refractivity (Wildman–Crippen MR) is 81.0 cm³/mol. The van der Waals surface area contributed by atoms with Crippen molar-refractivity contribution in [2.75, 3.05) is 6.54 Å². The number of nitrogens with one attached hydrogen (secondary N) is 1. The lowest BCUT2D eigenvalue weighted by Crippen LogP contribution is -2.41. The number of hydrogen-bond acceptors (Lipinski definition) is 3. The zero-order valence-corrected chi connectivity index (χ0v) is 13.8. The standard InChI is InChI=1S/C13H20F2N2O2S.ClH/c1-8(2)4-10(7-16)17-20(18,19)13-5-9(3)11(14)6-12(13)15;/h5-6,8,10,17H,4,7,16H2,1-3H3;1H. The number of rotatable bonds is 6. The van der Waals surface area contributed by atoms with Crippen LogP contribution in [0.1, 0.15) is 25.8 Å². The maximum Gasteiger partial charge on any atom is 0.243 e. The lowest BCUT2D eigenvalue weighted by Gasteiger charge is -2.19. The van der Waals surface area contributed by atoms with Crippen LogP contribution in [-0.2, 0) is 10.0 Å². The second-order valence-corrected chi connectivity index (χ2v) is 6.90. The van der Waals surface area contributed by atoms with Crippen molar-refractivity contribution in [3.8, 4) is 0 Å². The Hall–Kier alpha value is -0.760. The van der Waals surface area contributed by atoms with Gasteiger partial charge in [-0.05, 0) is 30.9 Å². The highest BCUT2D eigenvalue weighted by molar-refractivity contribution is 7.89. The molecule has 0 amide bonds. The fourth-order valence-corrected chi connectivity index (χ4v) is 3.29. The summed E-state index contributed by atoms with van der Waals surface area (Å²) in [5.41, 5.74) is 5.59. The quantitative estimate of drug-likeness (QED) is 0.833. The second kappa shape index (κ2) is 8.03. The normalized spacial score (nSPS) is 13.1. The Morgan fingerprint density at radius 2 is 1.81 bits per heavy atom. The molecular formula is C13H21ClF2N2O2S. The molecule has 0 saturated heterocycles. The molecule has 1 aromatic rings. The first-order valence-corrected chi connectivity index (χ1v) is 7.83. The van der Waals surface area contributed by atoms with Crippen LogP contribution >= 0.6 is 12.4 Å². The van der Waals surface area contributed by atoms with Gasteiger partial charge in [-0.1, -0.05) is 13.8 Å². The maximum atomic E-state index is 13.7. The highest BCUT2D eigenvalue weighted by atomic mass is 35.5. The molecule has 8 heteroatoms. The van der Waals surface area contributed by atoms with Gasteiger partial charge in [0.15, 0.2) is 0 Å². The van der Waals surface area contributed by atoms with E-state index in [1.54, 1.807) is 0 Å². The summed E-state index contributed by atoms with van der Waals surface area (Å²) in [6.07, 6.45) is 0.539. The number of halogens is 3. The Labute approximate surface area is 130 Å². The Balaban J connectivity index is 0.00000400. The van der Waals surface area contributed by atoms with E-state index in [9.17, 15) is 17.2 Å². The summed E-state index contributed by atoms with van der Waals surface area (Å²) in [4.78, 5) is -0.557. The number of hydrogen-bond donors (Lipinski definition) is 2. The zero-order chi connectivity index (χ0) is 15.5. The van der Waals surface area contributed by atoms with Gasteiger partial charge in [0.2, 0.25) is 10.0 Å². The largest absolute Gasteiger partial charge is 0.329 e. The average Bonchev–Trinajstić information content (AvgIpc) is 2.31. The molecule has 0 aliphatic rings. The molecule has 0 heterocycles. The van der Waals surface area contributed by atoms with E-state index in [0.29, 0.717) is 12.5 Å². The molecule has 122 valence electrons. The third-order valence-corrected chi connectivity index (χ3v) is 4.40. The maximum absolute atomic E-state index is 13.7. The molecule has 1 aromatic carbocycles. The van der Waals surface area contributed by atoms with Gasteiger partial charge < -0.3 is 5.73 Å². The first-order chi connectivity index (χ1) is 9.17. The van der Waals surface area contributed by atoms with Gasteiger partial charge in [-0.15, -0.1) is 12.4 Å². The monoisotopic (exact) mass is 342 g/mol. The van der Waals surface area contributed by atoms with E-state index in [2.05, 4.69) is 4.72 Å². The molecule has 0 fully saturated rings. The Kier molecular flexibility index (Phi) is 7.74. The molecule has 1 rings (SSSR count). The van der Waals surface area contributed by atoms with Crippen molar-refractivity contribution < 1.29 is 17.2 Å². The lowest BCUT2D eigenvalue weighted by molar-refractivity contribution is 0.462. The molecular weight excluding hydrogens is 322 g/mol.